The van der Waals surface area contributed by atoms with Crippen molar-refractivity contribution in [3.8, 4) is 0 Å². The van der Waals surface area contributed by atoms with Crippen LogP contribution in [0.2, 0.25) is 0 Å². The van der Waals surface area contributed by atoms with Gasteiger partial charge in [0.2, 0.25) is 5.91 Å². The Morgan fingerprint density at radius 1 is 0.458 bits per heavy atom. The van der Waals surface area contributed by atoms with E-state index < -0.39 is 12.1 Å². The molecule has 1 amide bonds. The molecular formula is C53H103NO5. The fourth-order valence-corrected chi connectivity index (χ4v) is 8.21. The van der Waals surface area contributed by atoms with Gasteiger partial charge < -0.3 is 20.3 Å². The first-order chi connectivity index (χ1) is 29.0. The highest BCUT2D eigenvalue weighted by Gasteiger charge is 2.20. The Labute approximate surface area is 368 Å². The smallest absolute Gasteiger partial charge is 0.305 e. The van der Waals surface area contributed by atoms with E-state index in [1.54, 1.807) is 0 Å². The largest absolute Gasteiger partial charge is 0.466 e. The van der Waals surface area contributed by atoms with Gasteiger partial charge in [-0.15, -0.1) is 0 Å². The summed E-state index contributed by atoms with van der Waals surface area (Å²) in [6.45, 7) is 4.91. The van der Waals surface area contributed by atoms with E-state index in [0.717, 1.165) is 44.9 Å². The third-order valence-corrected chi connectivity index (χ3v) is 12.3. The van der Waals surface area contributed by atoms with Gasteiger partial charge in [0.05, 0.1) is 25.4 Å². The number of aliphatic hydroxyl groups excluding tert-OH is 2. The molecule has 6 nitrogen and oxygen atoms in total. The van der Waals surface area contributed by atoms with Crippen LogP contribution in [-0.4, -0.2) is 47.4 Å². The summed E-state index contributed by atoms with van der Waals surface area (Å²) in [5.41, 5.74) is 0. The molecule has 59 heavy (non-hydrogen) atoms. The van der Waals surface area contributed by atoms with Crippen molar-refractivity contribution in [1.29, 1.82) is 0 Å². The molecule has 2 atom stereocenters. The quantitative estimate of drug-likeness (QED) is 0.0322. The monoisotopic (exact) mass is 834 g/mol. The predicted molar refractivity (Wildman–Crippen MR) is 255 cm³/mol. The number of carbonyl (C=O) groups is 2. The molecule has 0 saturated heterocycles. The van der Waals surface area contributed by atoms with E-state index in [1.807, 2.05) is 0 Å². The fourth-order valence-electron chi connectivity index (χ4n) is 8.21. The predicted octanol–water partition coefficient (Wildman–Crippen LogP) is 15.7. The van der Waals surface area contributed by atoms with Crippen LogP contribution in [0.5, 0.6) is 0 Å². The van der Waals surface area contributed by atoms with Crippen molar-refractivity contribution in [2.75, 3.05) is 13.2 Å². The Morgan fingerprint density at radius 2 is 0.814 bits per heavy atom. The first kappa shape index (κ1) is 57.6. The SMILES string of the molecule is CCCC/C=C\CCCCCCCC(=O)OCCCCCCCCCCCCCCCCCCCCCC(=O)NC(CO)C(O)CCCCCCCCCCCCCC. The average Bonchev–Trinajstić information content (AvgIpc) is 3.24. The van der Waals surface area contributed by atoms with Gasteiger partial charge in [0.25, 0.3) is 0 Å². The Balaban J connectivity index is 3.39. The van der Waals surface area contributed by atoms with Gasteiger partial charge in [-0.05, 0) is 44.9 Å². The van der Waals surface area contributed by atoms with Crippen LogP contribution < -0.4 is 5.32 Å². The second kappa shape index (κ2) is 49.3. The topological polar surface area (TPSA) is 95.9 Å². The van der Waals surface area contributed by atoms with E-state index in [2.05, 4.69) is 31.3 Å². The second-order valence-corrected chi connectivity index (χ2v) is 18.2. The zero-order valence-electron chi connectivity index (χ0n) is 39.7. The molecule has 2 unspecified atom stereocenters. The number of unbranched alkanes of at least 4 members (excludes halogenated alkanes) is 36. The number of allylic oxidation sites excluding steroid dienone is 2. The van der Waals surface area contributed by atoms with Crippen LogP contribution >= 0.6 is 0 Å². The summed E-state index contributed by atoms with van der Waals surface area (Å²) in [5.74, 6) is -0.0399. The van der Waals surface area contributed by atoms with Gasteiger partial charge in [0.15, 0.2) is 0 Å². The van der Waals surface area contributed by atoms with Crippen LogP contribution in [0.1, 0.15) is 290 Å². The van der Waals surface area contributed by atoms with Gasteiger partial charge in [-0.25, -0.2) is 0 Å². The average molecular weight is 834 g/mol. The number of esters is 1. The first-order valence-corrected chi connectivity index (χ1v) is 26.4. The first-order valence-electron chi connectivity index (χ1n) is 26.4. The van der Waals surface area contributed by atoms with Gasteiger partial charge in [-0.2, -0.15) is 0 Å². The van der Waals surface area contributed by atoms with Crippen LogP contribution in [0.4, 0.5) is 0 Å². The van der Waals surface area contributed by atoms with Crippen LogP contribution in [0.3, 0.4) is 0 Å². The third-order valence-electron chi connectivity index (χ3n) is 12.3. The summed E-state index contributed by atoms with van der Waals surface area (Å²) in [5, 5.41) is 23.2. The highest BCUT2D eigenvalue weighted by molar-refractivity contribution is 5.76. The maximum Gasteiger partial charge on any atom is 0.305 e. The summed E-state index contributed by atoms with van der Waals surface area (Å²) in [6, 6.07) is -0.541. The molecule has 0 heterocycles. The molecule has 0 spiro atoms. The Kier molecular flexibility index (Phi) is 48.1. The number of hydrogen-bond donors (Lipinski definition) is 3. The molecule has 0 rings (SSSR count). The molecule has 0 fully saturated rings. The molecular weight excluding hydrogens is 731 g/mol. The van der Waals surface area contributed by atoms with E-state index in [-0.39, 0.29) is 18.5 Å². The zero-order chi connectivity index (χ0) is 43.0. The lowest BCUT2D eigenvalue weighted by atomic mass is 10.0. The lowest BCUT2D eigenvalue weighted by Crippen LogP contribution is -2.45. The maximum absolute atomic E-state index is 12.4. The van der Waals surface area contributed by atoms with Crippen LogP contribution in [0.25, 0.3) is 0 Å². The standard InChI is InChI=1S/C53H103NO5/c1-3-5-7-9-11-13-15-26-29-33-37-41-45-51(56)50(49-55)54-52(57)46-42-38-34-30-27-23-21-19-17-16-18-20-22-24-28-32-36-40-44-48-59-53(58)47-43-39-35-31-25-14-12-10-8-6-4-2/h10,12,50-51,55-56H,3-9,11,13-49H2,1-2H3,(H,54,57)/b12-10-. The van der Waals surface area contributed by atoms with Gasteiger partial charge in [-0.3, -0.25) is 9.59 Å². The number of carbonyl (C=O) groups excluding carboxylic acids is 2. The maximum atomic E-state index is 12.4. The molecule has 6 heteroatoms. The number of amides is 1. The van der Waals surface area contributed by atoms with Gasteiger partial charge >= 0.3 is 5.97 Å². The van der Waals surface area contributed by atoms with Gasteiger partial charge in [0.1, 0.15) is 0 Å². The molecule has 0 aliphatic carbocycles. The van der Waals surface area contributed by atoms with Crippen molar-refractivity contribution >= 4 is 11.9 Å². The van der Waals surface area contributed by atoms with E-state index in [4.69, 9.17) is 4.74 Å². The van der Waals surface area contributed by atoms with Crippen LogP contribution in [0, 0.1) is 0 Å². The highest BCUT2D eigenvalue weighted by Crippen LogP contribution is 2.17. The lowest BCUT2D eigenvalue weighted by Gasteiger charge is -2.22. The molecule has 0 bridgehead atoms. The molecule has 350 valence electrons. The molecule has 0 aromatic heterocycles. The van der Waals surface area contributed by atoms with E-state index >= 15 is 0 Å². The molecule has 0 radical (unpaired) electrons. The molecule has 0 aromatic carbocycles. The summed E-state index contributed by atoms with van der Waals surface area (Å²) >= 11 is 0. The van der Waals surface area contributed by atoms with E-state index in [9.17, 15) is 19.8 Å². The highest BCUT2D eigenvalue weighted by atomic mass is 16.5. The number of rotatable bonds is 49. The van der Waals surface area contributed by atoms with Crippen molar-refractivity contribution in [3.05, 3.63) is 12.2 Å². The minimum Gasteiger partial charge on any atom is -0.466 e. The fraction of sp³-hybridized carbons (Fsp3) is 0.925. The van der Waals surface area contributed by atoms with Gasteiger partial charge in [-0.1, -0.05) is 244 Å². The van der Waals surface area contributed by atoms with Crippen LogP contribution in [0.15, 0.2) is 12.2 Å². The third kappa shape index (κ3) is 45.9. The molecule has 0 aliphatic rings. The molecule has 0 aromatic rings. The van der Waals surface area contributed by atoms with E-state index in [0.29, 0.717) is 25.9 Å². The number of nitrogens with one attached hydrogen (secondary N) is 1. The summed E-state index contributed by atoms with van der Waals surface area (Å²) < 4.78 is 5.45. The normalized spacial score (nSPS) is 12.7. The number of ether oxygens (including phenoxy) is 1. The second-order valence-electron chi connectivity index (χ2n) is 18.2. The molecule has 3 N–H and O–H groups in total. The van der Waals surface area contributed by atoms with Crippen molar-refractivity contribution in [1.82, 2.24) is 5.32 Å². The minimum absolute atomic E-state index is 0.00199. The van der Waals surface area contributed by atoms with Gasteiger partial charge in [0, 0.05) is 12.8 Å². The number of aliphatic hydroxyl groups is 2. The van der Waals surface area contributed by atoms with Crippen molar-refractivity contribution in [2.24, 2.45) is 0 Å². The lowest BCUT2D eigenvalue weighted by molar-refractivity contribution is -0.143. The van der Waals surface area contributed by atoms with Crippen molar-refractivity contribution in [3.63, 3.8) is 0 Å². The number of hydrogen-bond acceptors (Lipinski definition) is 5. The summed E-state index contributed by atoms with van der Waals surface area (Å²) in [6.07, 6.45) is 56.2. The minimum atomic E-state index is -0.664. The molecule has 0 saturated carbocycles. The summed E-state index contributed by atoms with van der Waals surface area (Å²) in [7, 11) is 0. The Bertz CT molecular complexity index is 878. The Hall–Kier alpha value is -1.40. The Morgan fingerprint density at radius 3 is 1.25 bits per heavy atom. The van der Waals surface area contributed by atoms with Crippen molar-refractivity contribution in [2.45, 2.75) is 302 Å². The van der Waals surface area contributed by atoms with Crippen molar-refractivity contribution < 1.29 is 24.5 Å². The van der Waals surface area contributed by atoms with Crippen LogP contribution in [-0.2, 0) is 14.3 Å². The zero-order valence-corrected chi connectivity index (χ0v) is 39.7. The molecule has 0 aliphatic heterocycles. The summed E-state index contributed by atoms with van der Waals surface area (Å²) in [4.78, 5) is 24.4. The van der Waals surface area contributed by atoms with E-state index in [1.165, 1.54) is 212 Å².